The maximum Gasteiger partial charge on any atom is 0.417 e. The molecule has 1 N–H and O–H groups in total. The normalized spacial score (nSPS) is 11.9. The SMILES string of the molecule is O=C(O)COc1ccc(SC/C=C(/c2ccccc2)c2ccccc2C(F)(F)F)c(Br)c1. The van der Waals surface area contributed by atoms with Gasteiger partial charge in [-0.25, -0.2) is 4.79 Å². The average Bonchev–Trinajstić information content (AvgIpc) is 2.76. The van der Waals surface area contributed by atoms with Crippen LogP contribution >= 0.6 is 27.7 Å². The van der Waals surface area contributed by atoms with Crippen LogP contribution in [0.1, 0.15) is 16.7 Å². The fraction of sp³-hybridized carbons (Fsp3) is 0.125. The Morgan fingerprint density at radius 3 is 2.38 bits per heavy atom. The summed E-state index contributed by atoms with van der Waals surface area (Å²) in [6.45, 7) is -0.444. The van der Waals surface area contributed by atoms with E-state index in [-0.39, 0.29) is 5.56 Å². The van der Waals surface area contributed by atoms with Crippen LogP contribution in [0.15, 0.2) is 88.2 Å². The second-order valence-electron chi connectivity index (χ2n) is 6.61. The Hall–Kier alpha value is -2.71. The minimum absolute atomic E-state index is 0.128. The highest BCUT2D eigenvalue weighted by Gasteiger charge is 2.33. The minimum atomic E-state index is -4.47. The second kappa shape index (κ2) is 10.7. The molecule has 8 heteroatoms. The summed E-state index contributed by atoms with van der Waals surface area (Å²) >= 11 is 4.87. The molecular weight excluding hydrogens is 505 g/mol. The number of carbonyl (C=O) groups is 1. The quantitative estimate of drug-likeness (QED) is 0.319. The van der Waals surface area contributed by atoms with Gasteiger partial charge in [0.2, 0.25) is 0 Å². The van der Waals surface area contributed by atoms with Gasteiger partial charge in [-0.05, 0) is 56.9 Å². The Bertz CT molecular complexity index is 1110. The van der Waals surface area contributed by atoms with Crippen LogP contribution in [0.25, 0.3) is 5.57 Å². The molecular formula is C24H18BrF3O3S. The van der Waals surface area contributed by atoms with Gasteiger partial charge >= 0.3 is 12.1 Å². The van der Waals surface area contributed by atoms with Gasteiger partial charge in [0.1, 0.15) is 5.75 Å². The first-order valence-electron chi connectivity index (χ1n) is 9.45. The van der Waals surface area contributed by atoms with Crippen molar-refractivity contribution in [3.05, 3.63) is 100 Å². The maximum atomic E-state index is 13.6. The van der Waals surface area contributed by atoms with Gasteiger partial charge in [0.05, 0.1) is 5.56 Å². The molecule has 32 heavy (non-hydrogen) atoms. The molecule has 3 aromatic rings. The predicted octanol–water partition coefficient (Wildman–Crippen LogP) is 7.16. The van der Waals surface area contributed by atoms with Crippen LogP contribution in [-0.2, 0) is 11.0 Å². The van der Waals surface area contributed by atoms with Crippen molar-refractivity contribution in [2.45, 2.75) is 11.1 Å². The van der Waals surface area contributed by atoms with Crippen LogP contribution in [0.2, 0.25) is 0 Å². The lowest BCUT2D eigenvalue weighted by Gasteiger charge is -2.16. The number of hydrogen-bond donors (Lipinski definition) is 1. The lowest BCUT2D eigenvalue weighted by atomic mass is 9.93. The van der Waals surface area contributed by atoms with E-state index in [2.05, 4.69) is 15.9 Å². The van der Waals surface area contributed by atoms with Crippen molar-refractivity contribution in [2.24, 2.45) is 0 Å². The Labute approximate surface area is 196 Å². The van der Waals surface area contributed by atoms with Crippen molar-refractivity contribution in [3.8, 4) is 5.75 Å². The lowest BCUT2D eigenvalue weighted by molar-refractivity contribution is -0.139. The minimum Gasteiger partial charge on any atom is -0.482 e. The summed E-state index contributed by atoms with van der Waals surface area (Å²) in [6.07, 6.45) is -2.68. The molecule has 0 heterocycles. The van der Waals surface area contributed by atoms with Crippen molar-refractivity contribution in [1.29, 1.82) is 0 Å². The second-order valence-corrected chi connectivity index (χ2v) is 8.53. The molecule has 3 aromatic carbocycles. The van der Waals surface area contributed by atoms with E-state index in [4.69, 9.17) is 9.84 Å². The zero-order valence-corrected chi connectivity index (χ0v) is 19.0. The van der Waals surface area contributed by atoms with Gasteiger partial charge in [-0.1, -0.05) is 54.6 Å². The number of hydrogen-bond acceptors (Lipinski definition) is 3. The van der Waals surface area contributed by atoms with E-state index in [1.165, 1.54) is 23.9 Å². The highest BCUT2D eigenvalue weighted by Crippen LogP contribution is 2.38. The van der Waals surface area contributed by atoms with E-state index in [1.807, 2.05) is 6.07 Å². The smallest absolute Gasteiger partial charge is 0.417 e. The molecule has 0 aliphatic carbocycles. The Morgan fingerprint density at radius 2 is 1.72 bits per heavy atom. The first-order valence-corrected chi connectivity index (χ1v) is 11.2. The molecule has 0 aromatic heterocycles. The van der Waals surface area contributed by atoms with Gasteiger partial charge in [-0.2, -0.15) is 13.2 Å². The van der Waals surface area contributed by atoms with E-state index in [1.54, 1.807) is 54.6 Å². The van der Waals surface area contributed by atoms with Crippen LogP contribution < -0.4 is 4.74 Å². The number of halogens is 4. The molecule has 0 aliphatic heterocycles. The molecule has 0 bridgehead atoms. The first kappa shape index (κ1) is 23.9. The number of rotatable bonds is 8. The molecule has 3 rings (SSSR count). The third-order valence-corrected chi connectivity index (χ3v) is 6.32. The molecule has 0 atom stereocenters. The van der Waals surface area contributed by atoms with Crippen LogP contribution in [0.3, 0.4) is 0 Å². The fourth-order valence-electron chi connectivity index (χ4n) is 3.01. The summed E-state index contributed by atoms with van der Waals surface area (Å²) in [6, 6.07) is 19.6. The van der Waals surface area contributed by atoms with Crippen LogP contribution in [-0.4, -0.2) is 23.4 Å². The molecule has 0 amide bonds. The van der Waals surface area contributed by atoms with Crippen molar-refractivity contribution in [1.82, 2.24) is 0 Å². The summed E-state index contributed by atoms with van der Waals surface area (Å²) in [5.41, 5.74) is 0.648. The molecule has 0 saturated heterocycles. The number of aliphatic carboxylic acids is 1. The molecule has 166 valence electrons. The first-order chi connectivity index (χ1) is 15.3. The fourth-order valence-corrected chi connectivity index (χ4v) is 4.51. The van der Waals surface area contributed by atoms with Crippen LogP contribution in [0, 0.1) is 0 Å². The number of carboxylic acids is 1. The summed E-state index contributed by atoms with van der Waals surface area (Å²) in [4.78, 5) is 11.5. The van der Waals surface area contributed by atoms with Gasteiger partial charge in [0, 0.05) is 15.1 Å². The largest absolute Gasteiger partial charge is 0.482 e. The Balaban J connectivity index is 1.87. The van der Waals surface area contributed by atoms with Crippen molar-refractivity contribution in [3.63, 3.8) is 0 Å². The summed E-state index contributed by atoms with van der Waals surface area (Å²) < 4.78 is 46.7. The third-order valence-electron chi connectivity index (χ3n) is 4.40. The molecule has 0 spiro atoms. The third kappa shape index (κ3) is 6.40. The van der Waals surface area contributed by atoms with E-state index in [9.17, 15) is 18.0 Å². The topological polar surface area (TPSA) is 46.5 Å². The summed E-state index contributed by atoms with van der Waals surface area (Å²) in [7, 11) is 0. The van der Waals surface area contributed by atoms with Gasteiger partial charge in [0.15, 0.2) is 6.61 Å². The predicted molar refractivity (Wildman–Crippen MR) is 123 cm³/mol. The Morgan fingerprint density at radius 1 is 1.03 bits per heavy atom. The van der Waals surface area contributed by atoms with Crippen molar-refractivity contribution < 1.29 is 27.8 Å². The van der Waals surface area contributed by atoms with Crippen LogP contribution in [0.5, 0.6) is 5.75 Å². The van der Waals surface area contributed by atoms with E-state index in [0.717, 1.165) is 11.0 Å². The Kier molecular flexibility index (Phi) is 8.04. The van der Waals surface area contributed by atoms with Gasteiger partial charge < -0.3 is 9.84 Å². The monoisotopic (exact) mass is 522 g/mol. The van der Waals surface area contributed by atoms with Crippen LogP contribution in [0.4, 0.5) is 13.2 Å². The molecule has 0 unspecified atom stereocenters. The van der Waals surface area contributed by atoms with Crippen molar-refractivity contribution in [2.75, 3.05) is 12.4 Å². The van der Waals surface area contributed by atoms with Gasteiger partial charge in [-0.3, -0.25) is 0 Å². The zero-order valence-electron chi connectivity index (χ0n) is 16.6. The van der Waals surface area contributed by atoms with Gasteiger partial charge in [-0.15, -0.1) is 11.8 Å². The molecule has 0 radical (unpaired) electrons. The molecule has 0 saturated carbocycles. The lowest BCUT2D eigenvalue weighted by Crippen LogP contribution is -2.09. The number of thioether (sulfide) groups is 1. The number of benzene rings is 3. The van der Waals surface area contributed by atoms with E-state index < -0.39 is 24.3 Å². The zero-order chi connectivity index (χ0) is 23.1. The summed E-state index contributed by atoms with van der Waals surface area (Å²) in [5, 5.41) is 8.71. The average molecular weight is 523 g/mol. The maximum absolute atomic E-state index is 13.6. The van der Waals surface area contributed by atoms with E-state index >= 15 is 0 Å². The molecule has 0 aliphatic rings. The number of carboxylic acid groups (broad SMARTS) is 1. The van der Waals surface area contributed by atoms with Crippen molar-refractivity contribution >= 4 is 39.2 Å². The number of ether oxygens (including phenoxy) is 1. The molecule has 0 fully saturated rings. The highest BCUT2D eigenvalue weighted by molar-refractivity contribution is 9.10. The molecule has 3 nitrogen and oxygen atoms in total. The number of alkyl halides is 3. The van der Waals surface area contributed by atoms with Gasteiger partial charge in [0.25, 0.3) is 0 Å². The summed E-state index contributed by atoms with van der Waals surface area (Å²) in [5.74, 6) is -0.245. The highest BCUT2D eigenvalue weighted by atomic mass is 79.9. The van der Waals surface area contributed by atoms with E-state index in [0.29, 0.717) is 27.1 Å². The standard InChI is InChI=1S/C24H18BrF3O3S/c25-21-14-17(31-15-23(29)30)10-11-22(21)32-13-12-18(16-6-2-1-3-7-16)19-8-4-5-9-20(19)24(26,27)28/h1-12,14H,13,15H2,(H,29,30)/b18-12-.